The first-order chi connectivity index (χ1) is 13.5. The molecule has 0 amide bonds. The molecule has 0 aliphatic heterocycles. The normalized spacial score (nSPS) is 12.2. The van der Waals surface area contributed by atoms with Gasteiger partial charge in [0.15, 0.2) is 0 Å². The van der Waals surface area contributed by atoms with E-state index in [9.17, 15) is 9.90 Å². The van der Waals surface area contributed by atoms with Gasteiger partial charge in [0.05, 0.1) is 0 Å². The Balaban J connectivity index is 2.09. The number of hydrogen-bond donors (Lipinski definition) is 1. The molecule has 4 heteroatoms. The fourth-order valence-electron chi connectivity index (χ4n) is 3.11. The Labute approximate surface area is 176 Å². The van der Waals surface area contributed by atoms with Crippen molar-refractivity contribution in [1.29, 1.82) is 0 Å². The summed E-state index contributed by atoms with van der Waals surface area (Å²) < 4.78 is 5.53. The summed E-state index contributed by atoms with van der Waals surface area (Å²) in [6.07, 6.45) is 0. The zero-order valence-electron chi connectivity index (χ0n) is 17.9. The van der Waals surface area contributed by atoms with Crippen molar-refractivity contribution in [2.24, 2.45) is 0 Å². The number of aromatic hydroxyl groups is 1. The molecule has 1 heterocycles. The largest absolute Gasteiger partial charge is 0.506 e. The van der Waals surface area contributed by atoms with Crippen molar-refractivity contribution in [3.05, 3.63) is 76.1 Å². The zero-order chi connectivity index (χ0) is 21.4. The first-order valence-electron chi connectivity index (χ1n) is 9.72. The molecule has 0 unspecified atom stereocenters. The van der Waals surface area contributed by atoms with E-state index in [2.05, 4.69) is 59.7 Å². The minimum atomic E-state index is -0.533. The van der Waals surface area contributed by atoms with Crippen LogP contribution in [0.15, 0.2) is 73.6 Å². The lowest BCUT2D eigenvalue weighted by molar-refractivity contribution is 0.430. The molecule has 1 aromatic heterocycles. The maximum Gasteiger partial charge on any atom is 0.354 e. The first kappa shape index (κ1) is 21.3. The van der Waals surface area contributed by atoms with Gasteiger partial charge in [0.1, 0.15) is 16.4 Å². The molecule has 29 heavy (non-hydrogen) atoms. The van der Waals surface area contributed by atoms with Gasteiger partial charge in [-0.25, -0.2) is 4.79 Å². The van der Waals surface area contributed by atoms with Gasteiger partial charge in [-0.05, 0) is 28.0 Å². The summed E-state index contributed by atoms with van der Waals surface area (Å²) in [5.41, 5.74) is 2.41. The third kappa shape index (κ3) is 4.76. The third-order valence-electron chi connectivity index (χ3n) is 4.81. The van der Waals surface area contributed by atoms with Gasteiger partial charge in [0.25, 0.3) is 0 Å². The molecular formula is C25H28O3S. The Hall–Kier alpha value is -2.46. The molecule has 0 spiro atoms. The van der Waals surface area contributed by atoms with Gasteiger partial charge in [-0.3, -0.25) is 0 Å². The first-order valence-corrected chi connectivity index (χ1v) is 10.5. The topological polar surface area (TPSA) is 50.4 Å². The summed E-state index contributed by atoms with van der Waals surface area (Å²) in [4.78, 5) is 13.9. The second kappa shape index (κ2) is 7.75. The molecule has 2 aromatic carbocycles. The van der Waals surface area contributed by atoms with Crippen LogP contribution in [0.2, 0.25) is 0 Å². The predicted octanol–water partition coefficient (Wildman–Crippen LogP) is 6.76. The SMILES string of the molecule is CC(C)(C)c1ccc(C(C)(C)C)c(Sc2c(O)cc(-c3ccccc3)oc2=O)c1. The standard InChI is InChI=1S/C25H28O3S/c1-24(2,3)17-12-13-18(25(4,5)6)21(14-17)29-22-19(26)15-20(28-23(22)27)16-10-8-7-9-11-16/h7-15,26H,1-6H3. The second-order valence-corrected chi connectivity index (χ2v) is 10.3. The van der Waals surface area contributed by atoms with Crippen molar-refractivity contribution in [1.82, 2.24) is 0 Å². The average Bonchev–Trinajstić information content (AvgIpc) is 2.63. The lowest BCUT2D eigenvalue weighted by Crippen LogP contribution is -2.16. The minimum absolute atomic E-state index is 0.0182. The van der Waals surface area contributed by atoms with Crippen molar-refractivity contribution in [2.75, 3.05) is 0 Å². The molecule has 1 N–H and O–H groups in total. The fraction of sp³-hybridized carbons (Fsp3) is 0.320. The Morgan fingerprint density at radius 3 is 2.07 bits per heavy atom. The average molecular weight is 409 g/mol. The summed E-state index contributed by atoms with van der Waals surface area (Å²) in [7, 11) is 0. The zero-order valence-corrected chi connectivity index (χ0v) is 18.7. The van der Waals surface area contributed by atoms with E-state index >= 15 is 0 Å². The molecule has 0 radical (unpaired) electrons. The van der Waals surface area contributed by atoms with Crippen LogP contribution < -0.4 is 5.63 Å². The number of hydrogen-bond acceptors (Lipinski definition) is 4. The van der Waals surface area contributed by atoms with Crippen LogP contribution >= 0.6 is 11.8 Å². The summed E-state index contributed by atoms with van der Waals surface area (Å²) in [6, 6.07) is 17.2. The van der Waals surface area contributed by atoms with Gasteiger partial charge in [0, 0.05) is 16.5 Å². The molecule has 0 saturated carbocycles. The van der Waals surface area contributed by atoms with Crippen LogP contribution in [-0.4, -0.2) is 5.11 Å². The summed E-state index contributed by atoms with van der Waals surface area (Å²) in [5, 5.41) is 10.6. The lowest BCUT2D eigenvalue weighted by Gasteiger charge is -2.26. The van der Waals surface area contributed by atoms with E-state index in [0.717, 1.165) is 16.0 Å². The minimum Gasteiger partial charge on any atom is -0.506 e. The van der Waals surface area contributed by atoms with E-state index in [-0.39, 0.29) is 21.5 Å². The highest BCUT2D eigenvalue weighted by Gasteiger charge is 2.24. The summed E-state index contributed by atoms with van der Waals surface area (Å²) in [6.45, 7) is 12.9. The fourth-order valence-corrected chi connectivity index (χ4v) is 4.29. The molecule has 3 nitrogen and oxygen atoms in total. The van der Waals surface area contributed by atoms with E-state index in [1.165, 1.54) is 23.4 Å². The van der Waals surface area contributed by atoms with Gasteiger partial charge >= 0.3 is 5.63 Å². The van der Waals surface area contributed by atoms with Crippen molar-refractivity contribution in [3.8, 4) is 17.1 Å². The van der Waals surface area contributed by atoms with E-state index in [0.29, 0.717) is 5.76 Å². The second-order valence-electron chi connectivity index (χ2n) is 9.29. The van der Waals surface area contributed by atoms with Gasteiger partial charge in [-0.1, -0.05) is 95.8 Å². The monoisotopic (exact) mass is 408 g/mol. The molecule has 3 aromatic rings. The van der Waals surface area contributed by atoms with Crippen LogP contribution in [0.3, 0.4) is 0 Å². The molecular weight excluding hydrogens is 380 g/mol. The van der Waals surface area contributed by atoms with Crippen molar-refractivity contribution in [3.63, 3.8) is 0 Å². The maximum absolute atomic E-state index is 12.7. The smallest absolute Gasteiger partial charge is 0.354 e. The lowest BCUT2D eigenvalue weighted by atomic mass is 9.82. The van der Waals surface area contributed by atoms with Crippen LogP contribution in [0.25, 0.3) is 11.3 Å². The molecule has 152 valence electrons. The Kier molecular flexibility index (Phi) is 5.68. The van der Waals surface area contributed by atoms with E-state index in [1.54, 1.807) is 0 Å². The number of benzene rings is 2. The molecule has 3 rings (SSSR count). The highest BCUT2D eigenvalue weighted by atomic mass is 32.2. The number of rotatable bonds is 3. The highest BCUT2D eigenvalue weighted by molar-refractivity contribution is 7.99. The molecule has 0 bridgehead atoms. The van der Waals surface area contributed by atoms with Crippen molar-refractivity contribution < 1.29 is 9.52 Å². The van der Waals surface area contributed by atoms with Crippen LogP contribution in [0.1, 0.15) is 52.7 Å². The molecule has 0 fully saturated rings. The maximum atomic E-state index is 12.7. The molecule has 0 aliphatic rings. The third-order valence-corrected chi connectivity index (χ3v) is 5.95. The van der Waals surface area contributed by atoms with Crippen LogP contribution in [0.5, 0.6) is 5.75 Å². The molecule has 0 atom stereocenters. The van der Waals surface area contributed by atoms with Gasteiger partial charge in [-0.15, -0.1) is 0 Å². The molecule has 0 saturated heterocycles. The van der Waals surface area contributed by atoms with Crippen molar-refractivity contribution in [2.45, 2.75) is 62.2 Å². The predicted molar refractivity (Wildman–Crippen MR) is 120 cm³/mol. The Bertz CT molecular complexity index is 1070. The van der Waals surface area contributed by atoms with E-state index < -0.39 is 5.63 Å². The van der Waals surface area contributed by atoms with Crippen LogP contribution in [0.4, 0.5) is 0 Å². The summed E-state index contributed by atoms with van der Waals surface area (Å²) in [5.74, 6) is 0.295. The Morgan fingerprint density at radius 1 is 0.862 bits per heavy atom. The van der Waals surface area contributed by atoms with Gasteiger partial charge in [0.2, 0.25) is 0 Å². The van der Waals surface area contributed by atoms with Crippen molar-refractivity contribution >= 4 is 11.8 Å². The van der Waals surface area contributed by atoms with Gasteiger partial charge in [-0.2, -0.15) is 0 Å². The van der Waals surface area contributed by atoms with E-state index in [1.807, 2.05) is 30.3 Å². The van der Waals surface area contributed by atoms with Crippen LogP contribution in [-0.2, 0) is 10.8 Å². The quantitative estimate of drug-likeness (QED) is 0.520. The van der Waals surface area contributed by atoms with E-state index in [4.69, 9.17) is 4.42 Å². The van der Waals surface area contributed by atoms with Crippen LogP contribution in [0, 0.1) is 0 Å². The highest BCUT2D eigenvalue weighted by Crippen LogP contribution is 2.41. The molecule has 0 aliphatic carbocycles. The van der Waals surface area contributed by atoms with Gasteiger partial charge < -0.3 is 9.52 Å². The Morgan fingerprint density at radius 2 is 1.52 bits per heavy atom. The summed E-state index contributed by atoms with van der Waals surface area (Å²) >= 11 is 1.27.